The van der Waals surface area contributed by atoms with Crippen LogP contribution in [0.3, 0.4) is 0 Å². The van der Waals surface area contributed by atoms with Gasteiger partial charge in [0.1, 0.15) is 11.4 Å². The first-order chi connectivity index (χ1) is 11.1. The van der Waals surface area contributed by atoms with Crippen molar-refractivity contribution in [2.24, 2.45) is 7.05 Å². The van der Waals surface area contributed by atoms with Crippen LogP contribution in [0.15, 0.2) is 36.5 Å². The lowest BCUT2D eigenvalue weighted by atomic mass is 10.3. The summed E-state index contributed by atoms with van der Waals surface area (Å²) in [5.41, 5.74) is 1.15. The van der Waals surface area contributed by atoms with Crippen LogP contribution in [-0.4, -0.2) is 34.7 Å². The maximum absolute atomic E-state index is 11.8. The number of hydrogen-bond acceptors (Lipinski definition) is 4. The second-order valence-corrected chi connectivity index (χ2v) is 4.85. The van der Waals surface area contributed by atoms with Gasteiger partial charge in [-0.15, -0.1) is 0 Å². The number of hydrogen-bond donors (Lipinski definition) is 2. The van der Waals surface area contributed by atoms with Crippen LogP contribution in [0.25, 0.3) is 0 Å². The molecule has 0 aliphatic rings. The molecule has 1 heterocycles. The number of carbonyl (C=O) groups is 2. The van der Waals surface area contributed by atoms with Gasteiger partial charge in [0.05, 0.1) is 6.61 Å². The lowest BCUT2D eigenvalue weighted by Gasteiger charge is -2.08. The number of anilines is 1. The number of ether oxygens (including phenoxy) is 1. The Bertz CT molecular complexity index is 664. The molecule has 0 saturated carbocycles. The molecule has 122 valence electrons. The molecule has 0 saturated heterocycles. The second-order valence-electron chi connectivity index (χ2n) is 4.85. The highest BCUT2D eigenvalue weighted by Crippen LogP contribution is 2.15. The first-order valence-corrected chi connectivity index (χ1v) is 7.39. The third-order valence-electron chi connectivity index (χ3n) is 3.14. The van der Waals surface area contributed by atoms with E-state index in [0.717, 1.165) is 5.75 Å². The van der Waals surface area contributed by atoms with Crippen molar-refractivity contribution in [2.45, 2.75) is 13.3 Å². The monoisotopic (exact) mass is 316 g/mol. The summed E-state index contributed by atoms with van der Waals surface area (Å²) in [6.45, 7) is 2.77. The number of aromatic nitrogens is 2. The first kappa shape index (κ1) is 16.5. The fraction of sp³-hybridized carbons (Fsp3) is 0.312. The summed E-state index contributed by atoms with van der Waals surface area (Å²) in [7, 11) is 1.69. The van der Waals surface area contributed by atoms with E-state index in [4.69, 9.17) is 4.74 Å². The maximum Gasteiger partial charge on any atom is 0.269 e. The van der Waals surface area contributed by atoms with E-state index in [1.807, 2.05) is 6.92 Å². The Hall–Kier alpha value is -2.83. The molecule has 2 aromatic rings. The first-order valence-electron chi connectivity index (χ1n) is 7.39. The number of rotatable bonds is 7. The largest absolute Gasteiger partial charge is 0.494 e. The van der Waals surface area contributed by atoms with E-state index in [-0.39, 0.29) is 24.8 Å². The highest BCUT2D eigenvalue weighted by molar-refractivity contribution is 5.94. The van der Waals surface area contributed by atoms with Gasteiger partial charge in [-0.25, -0.2) is 0 Å². The fourth-order valence-electron chi connectivity index (χ4n) is 2.00. The van der Waals surface area contributed by atoms with Crippen molar-refractivity contribution in [2.75, 3.05) is 18.5 Å². The Morgan fingerprint density at radius 3 is 2.57 bits per heavy atom. The third kappa shape index (κ3) is 4.84. The zero-order valence-electron chi connectivity index (χ0n) is 13.2. The number of nitrogens with one attached hydrogen (secondary N) is 2. The highest BCUT2D eigenvalue weighted by atomic mass is 16.5. The van der Waals surface area contributed by atoms with Gasteiger partial charge in [0.15, 0.2) is 0 Å². The van der Waals surface area contributed by atoms with Gasteiger partial charge in [0, 0.05) is 31.9 Å². The van der Waals surface area contributed by atoms with E-state index in [2.05, 4.69) is 15.7 Å². The van der Waals surface area contributed by atoms with Crippen molar-refractivity contribution < 1.29 is 14.3 Å². The van der Waals surface area contributed by atoms with Crippen LogP contribution in [0.1, 0.15) is 23.8 Å². The molecule has 1 aromatic heterocycles. The molecule has 1 aromatic carbocycles. The fourth-order valence-corrected chi connectivity index (χ4v) is 2.00. The predicted molar refractivity (Wildman–Crippen MR) is 86.4 cm³/mol. The Kier molecular flexibility index (Phi) is 5.74. The Morgan fingerprint density at radius 1 is 1.22 bits per heavy atom. The molecule has 7 nitrogen and oxygen atoms in total. The number of aryl methyl sites for hydroxylation is 1. The normalized spacial score (nSPS) is 10.2. The standard InChI is InChI=1S/C16H20N4O3/c1-3-23-13-6-4-12(5-7-13)19-15(21)9-10-17-16(22)14-8-11-18-20(14)2/h4-8,11H,3,9-10H2,1-2H3,(H,17,22)(H,19,21). The summed E-state index contributed by atoms with van der Waals surface area (Å²) >= 11 is 0. The number of nitrogens with zero attached hydrogens (tertiary/aromatic N) is 2. The number of benzene rings is 1. The Balaban J connectivity index is 1.74. The lowest BCUT2D eigenvalue weighted by molar-refractivity contribution is -0.116. The smallest absolute Gasteiger partial charge is 0.269 e. The molecule has 0 unspecified atom stereocenters. The van der Waals surface area contributed by atoms with Crippen molar-refractivity contribution >= 4 is 17.5 Å². The van der Waals surface area contributed by atoms with E-state index >= 15 is 0 Å². The van der Waals surface area contributed by atoms with E-state index in [9.17, 15) is 9.59 Å². The van der Waals surface area contributed by atoms with E-state index in [0.29, 0.717) is 18.0 Å². The molecule has 7 heteroatoms. The van der Waals surface area contributed by atoms with E-state index < -0.39 is 0 Å². The zero-order valence-corrected chi connectivity index (χ0v) is 13.2. The van der Waals surface area contributed by atoms with Gasteiger partial charge < -0.3 is 15.4 Å². The van der Waals surface area contributed by atoms with E-state index in [1.54, 1.807) is 43.6 Å². The molecule has 23 heavy (non-hydrogen) atoms. The molecule has 0 bridgehead atoms. The van der Waals surface area contributed by atoms with Crippen molar-refractivity contribution in [3.8, 4) is 5.75 Å². The maximum atomic E-state index is 11.8. The quantitative estimate of drug-likeness (QED) is 0.812. The molecular formula is C16H20N4O3. The molecule has 2 rings (SSSR count). The minimum absolute atomic E-state index is 0.167. The second kappa shape index (κ2) is 7.98. The Labute approximate surface area is 134 Å². The summed E-state index contributed by atoms with van der Waals surface area (Å²) in [5.74, 6) is 0.340. The Morgan fingerprint density at radius 2 is 1.96 bits per heavy atom. The minimum atomic E-state index is -0.251. The van der Waals surface area contributed by atoms with Crippen LogP contribution in [0.4, 0.5) is 5.69 Å². The van der Waals surface area contributed by atoms with Crippen molar-refractivity contribution in [1.82, 2.24) is 15.1 Å². The van der Waals surface area contributed by atoms with Crippen LogP contribution in [0.2, 0.25) is 0 Å². The van der Waals surface area contributed by atoms with Crippen LogP contribution in [0, 0.1) is 0 Å². The van der Waals surface area contributed by atoms with Gasteiger partial charge in [0.25, 0.3) is 5.91 Å². The molecule has 0 aliphatic carbocycles. The topological polar surface area (TPSA) is 85.2 Å². The molecule has 0 atom stereocenters. The molecule has 2 amide bonds. The van der Waals surface area contributed by atoms with Crippen LogP contribution < -0.4 is 15.4 Å². The van der Waals surface area contributed by atoms with Crippen molar-refractivity contribution in [3.05, 3.63) is 42.2 Å². The summed E-state index contributed by atoms with van der Waals surface area (Å²) in [6.07, 6.45) is 1.74. The molecule has 0 aliphatic heterocycles. The van der Waals surface area contributed by atoms with Gasteiger partial charge in [-0.1, -0.05) is 0 Å². The van der Waals surface area contributed by atoms with Crippen LogP contribution in [0.5, 0.6) is 5.75 Å². The van der Waals surface area contributed by atoms with Gasteiger partial charge in [-0.2, -0.15) is 5.10 Å². The molecule has 0 spiro atoms. The lowest BCUT2D eigenvalue weighted by Crippen LogP contribution is -2.29. The number of amides is 2. The van der Waals surface area contributed by atoms with Crippen molar-refractivity contribution in [3.63, 3.8) is 0 Å². The zero-order chi connectivity index (χ0) is 16.7. The van der Waals surface area contributed by atoms with Crippen LogP contribution in [-0.2, 0) is 11.8 Å². The molecule has 0 fully saturated rings. The average molecular weight is 316 g/mol. The van der Waals surface area contributed by atoms with Gasteiger partial charge >= 0.3 is 0 Å². The number of carbonyl (C=O) groups excluding carboxylic acids is 2. The molecule has 2 N–H and O–H groups in total. The SMILES string of the molecule is CCOc1ccc(NC(=O)CCNC(=O)c2ccnn2C)cc1. The van der Waals surface area contributed by atoms with Crippen molar-refractivity contribution in [1.29, 1.82) is 0 Å². The van der Waals surface area contributed by atoms with Gasteiger partial charge in [0.2, 0.25) is 5.91 Å². The minimum Gasteiger partial charge on any atom is -0.494 e. The van der Waals surface area contributed by atoms with Gasteiger partial charge in [-0.3, -0.25) is 14.3 Å². The van der Waals surface area contributed by atoms with Gasteiger partial charge in [-0.05, 0) is 37.3 Å². The van der Waals surface area contributed by atoms with Crippen LogP contribution >= 0.6 is 0 Å². The summed E-state index contributed by atoms with van der Waals surface area (Å²) < 4.78 is 6.82. The predicted octanol–water partition coefficient (Wildman–Crippen LogP) is 1.58. The molecule has 0 radical (unpaired) electrons. The average Bonchev–Trinajstić information content (AvgIpc) is 2.95. The summed E-state index contributed by atoms with van der Waals surface area (Å²) in [6, 6.07) is 8.76. The highest BCUT2D eigenvalue weighted by Gasteiger charge is 2.10. The summed E-state index contributed by atoms with van der Waals surface area (Å²) in [5, 5.41) is 9.38. The molecular weight excluding hydrogens is 296 g/mol. The summed E-state index contributed by atoms with van der Waals surface area (Å²) in [4.78, 5) is 23.7. The van der Waals surface area contributed by atoms with E-state index in [1.165, 1.54) is 4.68 Å². The third-order valence-corrected chi connectivity index (χ3v) is 3.14.